The molecule has 1 atom stereocenters. The van der Waals surface area contributed by atoms with Crippen LogP contribution in [0.3, 0.4) is 0 Å². The van der Waals surface area contributed by atoms with Gasteiger partial charge in [0.1, 0.15) is 11.5 Å². The number of nitrogens with zero attached hydrogens (tertiary/aromatic N) is 2. The Bertz CT molecular complexity index is 909. The Labute approximate surface area is 147 Å². The summed E-state index contributed by atoms with van der Waals surface area (Å²) < 4.78 is 36.1. The number of hydrazone groups is 1. The molecule has 0 N–H and O–H groups in total. The summed E-state index contributed by atoms with van der Waals surface area (Å²) in [6.45, 7) is 0. The molecule has 0 radical (unpaired) electrons. The van der Waals surface area contributed by atoms with Crippen LogP contribution in [0, 0.1) is 0 Å². The average Bonchev–Trinajstić information content (AvgIpc) is 3.08. The quantitative estimate of drug-likeness (QED) is 0.822. The number of ether oxygens (including phenoxy) is 2. The lowest BCUT2D eigenvalue weighted by molar-refractivity contribution is 0.371. The molecule has 0 spiro atoms. The minimum absolute atomic E-state index is 0.397. The molecule has 0 bridgehead atoms. The Balaban J connectivity index is 2.01. The van der Waals surface area contributed by atoms with Gasteiger partial charge in [0, 0.05) is 12.0 Å². The second kappa shape index (κ2) is 6.76. The van der Waals surface area contributed by atoms with Crippen molar-refractivity contribution in [2.45, 2.75) is 12.5 Å². The van der Waals surface area contributed by atoms with Gasteiger partial charge in [0.05, 0.1) is 32.2 Å². The predicted molar refractivity (Wildman–Crippen MR) is 96.6 cm³/mol. The van der Waals surface area contributed by atoms with Crippen molar-refractivity contribution in [3.05, 3.63) is 59.7 Å². The first-order chi connectivity index (χ1) is 11.9. The van der Waals surface area contributed by atoms with E-state index >= 15 is 0 Å². The van der Waals surface area contributed by atoms with E-state index in [9.17, 15) is 8.42 Å². The largest absolute Gasteiger partial charge is 0.497 e. The normalized spacial score (nSPS) is 17.3. The van der Waals surface area contributed by atoms with Crippen LogP contribution in [-0.2, 0) is 10.0 Å². The zero-order valence-corrected chi connectivity index (χ0v) is 15.2. The third-order valence-corrected chi connectivity index (χ3v) is 5.11. The van der Waals surface area contributed by atoms with Crippen LogP contribution < -0.4 is 9.47 Å². The maximum atomic E-state index is 12.2. The van der Waals surface area contributed by atoms with Gasteiger partial charge in [-0.1, -0.05) is 24.3 Å². The van der Waals surface area contributed by atoms with Crippen LogP contribution in [0.15, 0.2) is 53.6 Å². The summed E-state index contributed by atoms with van der Waals surface area (Å²) in [5.41, 5.74) is 2.39. The number of rotatable bonds is 5. The smallest absolute Gasteiger partial charge is 0.247 e. The summed E-state index contributed by atoms with van der Waals surface area (Å²) in [6.07, 6.45) is 1.64. The maximum absolute atomic E-state index is 12.2. The number of hydrogen-bond donors (Lipinski definition) is 0. The molecule has 6 nitrogen and oxygen atoms in total. The summed E-state index contributed by atoms with van der Waals surface area (Å²) >= 11 is 0. The summed E-state index contributed by atoms with van der Waals surface area (Å²) in [6, 6.07) is 14.5. The molecule has 25 heavy (non-hydrogen) atoms. The van der Waals surface area contributed by atoms with Gasteiger partial charge in [-0.3, -0.25) is 0 Å². The summed E-state index contributed by atoms with van der Waals surface area (Å²) in [5, 5.41) is 4.38. The molecule has 1 unspecified atom stereocenters. The van der Waals surface area contributed by atoms with E-state index in [2.05, 4.69) is 5.10 Å². The zero-order valence-electron chi connectivity index (χ0n) is 14.3. The highest BCUT2D eigenvalue weighted by Crippen LogP contribution is 2.36. The van der Waals surface area contributed by atoms with E-state index in [4.69, 9.17) is 9.47 Å². The minimum Gasteiger partial charge on any atom is -0.497 e. The van der Waals surface area contributed by atoms with Gasteiger partial charge in [-0.25, -0.2) is 8.42 Å². The minimum atomic E-state index is -3.50. The van der Waals surface area contributed by atoms with Gasteiger partial charge in [0.15, 0.2) is 0 Å². The van der Waals surface area contributed by atoms with Gasteiger partial charge in [-0.2, -0.15) is 9.52 Å². The molecule has 0 amide bonds. The third kappa shape index (κ3) is 3.61. The summed E-state index contributed by atoms with van der Waals surface area (Å²) in [4.78, 5) is 0. The van der Waals surface area contributed by atoms with Crippen LogP contribution in [0.5, 0.6) is 11.5 Å². The fraction of sp³-hybridized carbons (Fsp3) is 0.278. The third-order valence-electron chi connectivity index (χ3n) is 4.09. The molecular formula is C18H20N2O4S. The first-order valence-electron chi connectivity index (χ1n) is 7.77. The van der Waals surface area contributed by atoms with Crippen molar-refractivity contribution >= 4 is 15.7 Å². The van der Waals surface area contributed by atoms with Crippen molar-refractivity contribution < 1.29 is 17.9 Å². The van der Waals surface area contributed by atoms with Crippen molar-refractivity contribution in [2.24, 2.45) is 5.10 Å². The van der Waals surface area contributed by atoms with E-state index in [1.165, 1.54) is 4.41 Å². The van der Waals surface area contributed by atoms with Gasteiger partial charge in [-0.05, 0) is 29.8 Å². The van der Waals surface area contributed by atoms with E-state index in [1.807, 2.05) is 48.5 Å². The Morgan fingerprint density at radius 2 is 1.68 bits per heavy atom. The molecule has 7 heteroatoms. The fourth-order valence-corrected chi connectivity index (χ4v) is 3.77. The van der Waals surface area contributed by atoms with Crippen molar-refractivity contribution in [1.82, 2.24) is 4.41 Å². The Hall–Kier alpha value is -2.54. The molecule has 132 valence electrons. The second-order valence-corrected chi connectivity index (χ2v) is 7.65. The van der Waals surface area contributed by atoms with Gasteiger partial charge >= 0.3 is 0 Å². The van der Waals surface area contributed by atoms with Crippen molar-refractivity contribution in [2.75, 3.05) is 20.5 Å². The van der Waals surface area contributed by atoms with Crippen molar-refractivity contribution in [1.29, 1.82) is 0 Å². The fourth-order valence-electron chi connectivity index (χ4n) is 2.87. The van der Waals surface area contributed by atoms with E-state index < -0.39 is 16.1 Å². The molecule has 1 heterocycles. The highest BCUT2D eigenvalue weighted by Gasteiger charge is 2.34. The Morgan fingerprint density at radius 3 is 2.32 bits per heavy atom. The number of methoxy groups -OCH3 is 2. The highest BCUT2D eigenvalue weighted by molar-refractivity contribution is 7.88. The lowest BCUT2D eigenvalue weighted by Crippen LogP contribution is -2.25. The molecule has 0 aromatic heterocycles. The van der Waals surface area contributed by atoms with Gasteiger partial charge in [0.2, 0.25) is 10.0 Å². The SMILES string of the molecule is COc1cccc(C2=NN(S(C)(=O)=O)C(c3cccc(OC)c3)C2)c1. The summed E-state index contributed by atoms with van der Waals surface area (Å²) in [7, 11) is -0.324. The predicted octanol–water partition coefficient (Wildman–Crippen LogP) is 2.81. The van der Waals surface area contributed by atoms with Crippen molar-refractivity contribution in [3.63, 3.8) is 0 Å². The molecule has 2 aromatic rings. The lowest BCUT2D eigenvalue weighted by atomic mass is 9.99. The first kappa shape index (κ1) is 17.3. The van der Waals surface area contributed by atoms with Crippen LogP contribution in [-0.4, -0.2) is 39.0 Å². The van der Waals surface area contributed by atoms with E-state index in [-0.39, 0.29) is 0 Å². The molecule has 0 fully saturated rings. The number of hydrogen-bond acceptors (Lipinski definition) is 5. The number of benzene rings is 2. The topological polar surface area (TPSA) is 68.2 Å². The second-order valence-electron chi connectivity index (χ2n) is 5.81. The Kier molecular flexibility index (Phi) is 4.67. The van der Waals surface area contributed by atoms with Crippen molar-refractivity contribution in [3.8, 4) is 11.5 Å². The van der Waals surface area contributed by atoms with Gasteiger partial charge < -0.3 is 9.47 Å². The molecule has 2 aromatic carbocycles. The van der Waals surface area contributed by atoms with Crippen LogP contribution in [0.25, 0.3) is 0 Å². The highest BCUT2D eigenvalue weighted by atomic mass is 32.2. The lowest BCUT2D eigenvalue weighted by Gasteiger charge is -2.21. The first-order valence-corrected chi connectivity index (χ1v) is 9.62. The van der Waals surface area contributed by atoms with Crippen LogP contribution in [0.1, 0.15) is 23.6 Å². The molecular weight excluding hydrogens is 340 g/mol. The molecule has 1 aliphatic rings. The van der Waals surface area contributed by atoms with E-state index in [1.54, 1.807) is 14.2 Å². The van der Waals surface area contributed by atoms with E-state index in [0.717, 1.165) is 17.4 Å². The van der Waals surface area contributed by atoms with Crippen LogP contribution >= 0.6 is 0 Å². The number of sulfonamides is 1. The molecule has 1 aliphatic heterocycles. The van der Waals surface area contributed by atoms with Gasteiger partial charge in [0.25, 0.3) is 0 Å². The maximum Gasteiger partial charge on any atom is 0.247 e. The van der Waals surface area contributed by atoms with Crippen LogP contribution in [0.2, 0.25) is 0 Å². The monoisotopic (exact) mass is 360 g/mol. The standard InChI is InChI=1S/C18H20N2O4S/c1-23-15-8-4-6-13(10-15)17-12-18(20(19-17)25(3,21)22)14-7-5-9-16(11-14)24-2/h4-11,18H,12H2,1-3H3. The molecule has 0 saturated carbocycles. The average molecular weight is 360 g/mol. The molecule has 0 aliphatic carbocycles. The molecule has 3 rings (SSSR count). The summed E-state index contributed by atoms with van der Waals surface area (Å²) in [5.74, 6) is 1.39. The zero-order chi connectivity index (χ0) is 18.0. The van der Waals surface area contributed by atoms with Crippen LogP contribution in [0.4, 0.5) is 0 Å². The molecule has 0 saturated heterocycles. The Morgan fingerprint density at radius 1 is 1.04 bits per heavy atom. The van der Waals surface area contributed by atoms with Gasteiger partial charge in [-0.15, -0.1) is 0 Å². The van der Waals surface area contributed by atoms with E-state index in [0.29, 0.717) is 23.6 Å².